The van der Waals surface area contributed by atoms with E-state index in [4.69, 9.17) is 9.94 Å². The molecule has 104 valence electrons. The molecule has 18 heavy (non-hydrogen) atoms. The molecule has 0 aromatic rings. The average Bonchev–Trinajstić information content (AvgIpc) is 2.85. The molecule has 0 spiro atoms. The van der Waals surface area contributed by atoms with Gasteiger partial charge < -0.3 is 5.11 Å². The van der Waals surface area contributed by atoms with Gasteiger partial charge in [0.1, 0.15) is 6.23 Å². The van der Waals surface area contributed by atoms with Gasteiger partial charge in [0, 0.05) is 0 Å². The Balaban J connectivity index is 1.80. The first-order valence-corrected chi connectivity index (χ1v) is 7.10. The van der Waals surface area contributed by atoms with E-state index in [0.717, 1.165) is 44.9 Å². The van der Waals surface area contributed by atoms with Gasteiger partial charge in [-0.3, -0.25) is 14.9 Å². The van der Waals surface area contributed by atoms with Crippen LogP contribution in [0.25, 0.3) is 0 Å². The second-order valence-corrected chi connectivity index (χ2v) is 5.47. The third-order valence-electron chi connectivity index (χ3n) is 4.06. The van der Waals surface area contributed by atoms with Crippen LogP contribution in [-0.2, 0) is 9.63 Å². The van der Waals surface area contributed by atoms with Gasteiger partial charge >= 0.3 is 5.97 Å². The molecule has 1 aliphatic carbocycles. The Kier molecular flexibility index (Phi) is 4.97. The zero-order chi connectivity index (χ0) is 13.0. The SMILES string of the molecule is CCCCC1NC(C2CCCC(C(=O)O)C2)NO1. The van der Waals surface area contributed by atoms with Gasteiger partial charge in [-0.2, -0.15) is 5.48 Å². The van der Waals surface area contributed by atoms with Crippen LogP contribution in [0.3, 0.4) is 0 Å². The summed E-state index contributed by atoms with van der Waals surface area (Å²) in [7, 11) is 0. The van der Waals surface area contributed by atoms with Gasteiger partial charge in [0.2, 0.25) is 0 Å². The molecule has 2 aliphatic rings. The van der Waals surface area contributed by atoms with Crippen LogP contribution in [0.5, 0.6) is 0 Å². The average molecular weight is 256 g/mol. The van der Waals surface area contributed by atoms with Crippen molar-refractivity contribution in [3.63, 3.8) is 0 Å². The van der Waals surface area contributed by atoms with Crippen LogP contribution < -0.4 is 10.8 Å². The molecule has 1 aliphatic heterocycles. The van der Waals surface area contributed by atoms with Crippen molar-refractivity contribution in [1.29, 1.82) is 0 Å². The van der Waals surface area contributed by atoms with Crippen LogP contribution >= 0.6 is 0 Å². The first-order valence-electron chi connectivity index (χ1n) is 7.10. The monoisotopic (exact) mass is 256 g/mol. The van der Waals surface area contributed by atoms with Crippen LogP contribution in [0, 0.1) is 11.8 Å². The molecule has 4 atom stereocenters. The maximum absolute atomic E-state index is 11.0. The molecule has 3 N–H and O–H groups in total. The first-order chi connectivity index (χ1) is 8.70. The van der Waals surface area contributed by atoms with E-state index in [-0.39, 0.29) is 18.3 Å². The number of hydrogen-bond donors (Lipinski definition) is 3. The number of hydroxylamine groups is 1. The van der Waals surface area contributed by atoms with E-state index >= 15 is 0 Å². The Labute approximate surface area is 108 Å². The summed E-state index contributed by atoms with van der Waals surface area (Å²) in [6.07, 6.45) is 7.18. The van der Waals surface area contributed by atoms with Crippen LogP contribution in [0.1, 0.15) is 51.9 Å². The van der Waals surface area contributed by atoms with E-state index in [2.05, 4.69) is 17.7 Å². The summed E-state index contributed by atoms with van der Waals surface area (Å²) in [6, 6.07) is 0. The number of hydrogen-bond acceptors (Lipinski definition) is 4. The molecule has 4 unspecified atom stereocenters. The number of rotatable bonds is 5. The Bertz CT molecular complexity index is 285. The van der Waals surface area contributed by atoms with Gasteiger partial charge in [-0.25, -0.2) is 0 Å². The minimum Gasteiger partial charge on any atom is -0.481 e. The van der Waals surface area contributed by atoms with Crippen molar-refractivity contribution in [3.8, 4) is 0 Å². The zero-order valence-electron chi connectivity index (χ0n) is 11.0. The molecule has 0 radical (unpaired) electrons. The summed E-state index contributed by atoms with van der Waals surface area (Å²) in [4.78, 5) is 16.6. The van der Waals surface area contributed by atoms with Crippen molar-refractivity contribution in [1.82, 2.24) is 10.8 Å². The van der Waals surface area contributed by atoms with Gasteiger partial charge in [-0.1, -0.05) is 19.8 Å². The molecule has 5 nitrogen and oxygen atoms in total. The van der Waals surface area contributed by atoms with E-state index in [1.54, 1.807) is 0 Å². The molecule has 1 saturated heterocycles. The highest BCUT2D eigenvalue weighted by Gasteiger charge is 2.35. The highest BCUT2D eigenvalue weighted by atomic mass is 16.7. The van der Waals surface area contributed by atoms with Gasteiger partial charge in [0.25, 0.3) is 0 Å². The molecule has 5 heteroatoms. The molecule has 2 fully saturated rings. The molecule has 1 heterocycles. The zero-order valence-corrected chi connectivity index (χ0v) is 11.0. The molecular weight excluding hydrogens is 232 g/mol. The molecule has 0 amide bonds. The molecule has 2 rings (SSSR count). The number of unbranched alkanes of at least 4 members (excludes halogenated alkanes) is 1. The predicted molar refractivity (Wildman–Crippen MR) is 67.5 cm³/mol. The predicted octanol–water partition coefficient (Wildman–Crippen LogP) is 1.84. The number of nitrogens with one attached hydrogen (secondary N) is 2. The van der Waals surface area contributed by atoms with Crippen molar-refractivity contribution in [2.45, 2.75) is 64.3 Å². The lowest BCUT2D eigenvalue weighted by molar-refractivity contribution is -0.143. The van der Waals surface area contributed by atoms with Crippen LogP contribution in [-0.4, -0.2) is 23.5 Å². The fourth-order valence-corrected chi connectivity index (χ4v) is 2.94. The molecule has 0 aromatic heterocycles. The topological polar surface area (TPSA) is 70.6 Å². The summed E-state index contributed by atoms with van der Waals surface area (Å²) in [5.74, 6) is -0.463. The summed E-state index contributed by atoms with van der Waals surface area (Å²) in [5, 5.41) is 12.5. The first kappa shape index (κ1) is 13.8. The highest BCUT2D eigenvalue weighted by molar-refractivity contribution is 5.70. The van der Waals surface area contributed by atoms with Crippen molar-refractivity contribution in [2.75, 3.05) is 0 Å². The summed E-state index contributed by atoms with van der Waals surface area (Å²) in [6.45, 7) is 2.17. The lowest BCUT2D eigenvalue weighted by Crippen LogP contribution is -2.43. The van der Waals surface area contributed by atoms with E-state index in [1.807, 2.05) is 0 Å². The molecule has 0 bridgehead atoms. The van der Waals surface area contributed by atoms with Gasteiger partial charge in [-0.05, 0) is 38.0 Å². The van der Waals surface area contributed by atoms with Crippen molar-refractivity contribution in [3.05, 3.63) is 0 Å². The van der Waals surface area contributed by atoms with Crippen LogP contribution in [0.4, 0.5) is 0 Å². The smallest absolute Gasteiger partial charge is 0.306 e. The summed E-state index contributed by atoms with van der Waals surface area (Å²) < 4.78 is 0. The third-order valence-corrected chi connectivity index (χ3v) is 4.06. The number of carboxylic acid groups (broad SMARTS) is 1. The number of carbonyl (C=O) groups is 1. The van der Waals surface area contributed by atoms with Crippen molar-refractivity contribution in [2.24, 2.45) is 11.8 Å². The fraction of sp³-hybridized carbons (Fsp3) is 0.923. The van der Waals surface area contributed by atoms with Crippen LogP contribution in [0.15, 0.2) is 0 Å². The van der Waals surface area contributed by atoms with Crippen molar-refractivity contribution >= 4 is 5.97 Å². The van der Waals surface area contributed by atoms with E-state index in [0.29, 0.717) is 5.92 Å². The highest BCUT2D eigenvalue weighted by Crippen LogP contribution is 2.32. The molecular formula is C13H24N2O3. The number of carboxylic acids is 1. The third kappa shape index (κ3) is 3.43. The Morgan fingerprint density at radius 3 is 3.00 bits per heavy atom. The lowest BCUT2D eigenvalue weighted by atomic mass is 9.80. The molecule has 1 saturated carbocycles. The minimum atomic E-state index is -0.652. The van der Waals surface area contributed by atoms with Crippen LogP contribution in [0.2, 0.25) is 0 Å². The van der Waals surface area contributed by atoms with Gasteiger partial charge in [0.05, 0.1) is 12.1 Å². The minimum absolute atomic E-state index is 0.0835. The Hall–Kier alpha value is -0.650. The largest absolute Gasteiger partial charge is 0.481 e. The van der Waals surface area contributed by atoms with Crippen molar-refractivity contribution < 1.29 is 14.7 Å². The maximum Gasteiger partial charge on any atom is 0.306 e. The number of aliphatic carboxylic acids is 1. The summed E-state index contributed by atoms with van der Waals surface area (Å²) >= 11 is 0. The fourth-order valence-electron chi connectivity index (χ4n) is 2.94. The summed E-state index contributed by atoms with van der Waals surface area (Å²) in [5.41, 5.74) is 3.04. The van der Waals surface area contributed by atoms with E-state index in [9.17, 15) is 4.79 Å². The lowest BCUT2D eigenvalue weighted by Gasteiger charge is -2.30. The quantitative estimate of drug-likeness (QED) is 0.700. The van der Waals surface area contributed by atoms with E-state index < -0.39 is 5.97 Å². The Morgan fingerprint density at radius 1 is 1.44 bits per heavy atom. The second-order valence-electron chi connectivity index (χ2n) is 5.47. The standard InChI is InChI=1S/C13H24N2O3/c1-2-3-7-11-14-12(15-18-11)9-5-4-6-10(8-9)13(16)17/h9-12,14-15H,2-8H2,1H3,(H,16,17). The van der Waals surface area contributed by atoms with Gasteiger partial charge in [0.15, 0.2) is 0 Å². The van der Waals surface area contributed by atoms with Gasteiger partial charge in [-0.15, -0.1) is 0 Å². The normalized spacial score (nSPS) is 36.7. The Morgan fingerprint density at radius 2 is 2.28 bits per heavy atom. The maximum atomic E-state index is 11.0. The second kappa shape index (κ2) is 6.50. The molecule has 0 aromatic carbocycles. The van der Waals surface area contributed by atoms with E-state index in [1.165, 1.54) is 0 Å².